The van der Waals surface area contributed by atoms with Gasteiger partial charge in [-0.05, 0) is 25.1 Å². The van der Waals surface area contributed by atoms with Crippen LogP contribution in [0.1, 0.15) is 27.6 Å². The minimum Gasteiger partial charge on any atom is -0.351 e. The van der Waals surface area contributed by atoms with Crippen molar-refractivity contribution >= 4 is 11.8 Å². The number of nitrogens with zero attached hydrogens (tertiary/aromatic N) is 1. The number of carbonyl (C=O) groups is 2. The molecule has 0 unspecified atom stereocenters. The molecular weight excluding hydrogens is 230 g/mol. The minimum absolute atomic E-state index is 0.0917. The van der Waals surface area contributed by atoms with Gasteiger partial charge in [0.1, 0.15) is 0 Å². The molecule has 0 aromatic heterocycles. The van der Waals surface area contributed by atoms with E-state index in [-0.39, 0.29) is 11.8 Å². The fourth-order valence-electron chi connectivity index (χ4n) is 1.45. The first-order chi connectivity index (χ1) is 8.60. The van der Waals surface area contributed by atoms with Gasteiger partial charge in [0, 0.05) is 37.8 Å². The van der Waals surface area contributed by atoms with E-state index in [9.17, 15) is 9.59 Å². The highest BCUT2D eigenvalue weighted by Gasteiger charge is 2.12. The van der Waals surface area contributed by atoms with E-state index in [1.165, 1.54) is 0 Å². The summed E-state index contributed by atoms with van der Waals surface area (Å²) < 4.78 is 0. The lowest BCUT2D eigenvalue weighted by molar-refractivity contribution is 0.0802. The molecule has 18 heavy (non-hydrogen) atoms. The highest BCUT2D eigenvalue weighted by Crippen LogP contribution is 2.07. The van der Waals surface area contributed by atoms with Gasteiger partial charge in [-0.3, -0.25) is 9.59 Å². The molecule has 3 N–H and O–H groups in total. The number of rotatable bonds is 5. The number of nitrogens with two attached hydrogens (primary N) is 1. The van der Waals surface area contributed by atoms with E-state index in [4.69, 9.17) is 5.73 Å². The van der Waals surface area contributed by atoms with Gasteiger partial charge in [0.25, 0.3) is 11.8 Å². The Morgan fingerprint density at radius 3 is 2.61 bits per heavy atom. The average Bonchev–Trinajstić information content (AvgIpc) is 2.43. The fourth-order valence-corrected chi connectivity index (χ4v) is 1.45. The van der Waals surface area contributed by atoms with Crippen LogP contribution in [0.15, 0.2) is 24.3 Å². The lowest BCUT2D eigenvalue weighted by atomic mass is 10.1. The molecule has 1 aromatic rings. The van der Waals surface area contributed by atoms with Crippen LogP contribution in [0.5, 0.6) is 0 Å². The normalized spacial score (nSPS) is 9.94. The molecule has 0 saturated heterocycles. The zero-order valence-corrected chi connectivity index (χ0v) is 10.8. The van der Waals surface area contributed by atoms with Gasteiger partial charge in [-0.2, -0.15) is 0 Å². The summed E-state index contributed by atoms with van der Waals surface area (Å²) in [5, 5.41) is 2.67. The number of amides is 2. The van der Waals surface area contributed by atoms with Crippen molar-refractivity contribution in [2.24, 2.45) is 5.73 Å². The number of hydrogen-bond donors (Lipinski definition) is 2. The van der Waals surface area contributed by atoms with Crippen molar-refractivity contribution in [1.82, 2.24) is 10.2 Å². The largest absolute Gasteiger partial charge is 0.351 e. The molecule has 5 nitrogen and oxygen atoms in total. The highest BCUT2D eigenvalue weighted by molar-refractivity contribution is 5.99. The summed E-state index contributed by atoms with van der Waals surface area (Å²) in [6.45, 7) is 3.34. The van der Waals surface area contributed by atoms with Crippen molar-refractivity contribution in [3.8, 4) is 0 Å². The van der Waals surface area contributed by atoms with E-state index in [2.05, 4.69) is 5.32 Å². The molecule has 0 heterocycles. The van der Waals surface area contributed by atoms with Gasteiger partial charge >= 0.3 is 0 Å². The monoisotopic (exact) mass is 249 g/mol. The van der Waals surface area contributed by atoms with Crippen LogP contribution < -0.4 is 11.1 Å². The van der Waals surface area contributed by atoms with Crippen molar-refractivity contribution in [3.05, 3.63) is 35.4 Å². The van der Waals surface area contributed by atoms with Gasteiger partial charge in [0.15, 0.2) is 0 Å². The predicted octanol–water partition coefficient (Wildman–Crippen LogP) is 0.467. The fraction of sp³-hybridized carbons (Fsp3) is 0.385. The molecular formula is C13H19N3O2. The lowest BCUT2D eigenvalue weighted by Crippen LogP contribution is -2.30. The third-order valence-corrected chi connectivity index (χ3v) is 2.62. The summed E-state index contributed by atoms with van der Waals surface area (Å²) in [4.78, 5) is 25.3. The Bertz CT molecular complexity index is 432. The van der Waals surface area contributed by atoms with Crippen LogP contribution in [0.4, 0.5) is 0 Å². The van der Waals surface area contributed by atoms with Gasteiger partial charge in [0.2, 0.25) is 0 Å². The number of carbonyl (C=O) groups excluding carboxylic acids is 2. The quantitative estimate of drug-likeness (QED) is 0.796. The first-order valence-corrected chi connectivity index (χ1v) is 5.94. The molecule has 0 atom stereocenters. The molecule has 0 spiro atoms. The van der Waals surface area contributed by atoms with E-state index < -0.39 is 0 Å². The minimum atomic E-state index is -0.214. The maximum Gasteiger partial charge on any atom is 0.253 e. The zero-order chi connectivity index (χ0) is 13.5. The Morgan fingerprint density at radius 1 is 1.33 bits per heavy atom. The molecule has 5 heteroatoms. The maximum absolute atomic E-state index is 11.9. The van der Waals surface area contributed by atoms with Crippen LogP contribution in [-0.4, -0.2) is 43.4 Å². The van der Waals surface area contributed by atoms with Gasteiger partial charge in [-0.15, -0.1) is 0 Å². The Kier molecular flexibility index (Phi) is 5.32. The van der Waals surface area contributed by atoms with E-state index in [1.807, 2.05) is 6.92 Å². The maximum atomic E-state index is 11.9. The summed E-state index contributed by atoms with van der Waals surface area (Å²) >= 11 is 0. The first kappa shape index (κ1) is 14.2. The zero-order valence-electron chi connectivity index (χ0n) is 10.8. The SMILES string of the molecule is CCN(C)C(=O)c1cccc(C(=O)NCCN)c1. The third kappa shape index (κ3) is 3.56. The van der Waals surface area contributed by atoms with Crippen LogP contribution in [0.3, 0.4) is 0 Å². The standard InChI is InChI=1S/C13H19N3O2/c1-3-16(2)13(18)11-6-4-5-10(9-11)12(17)15-8-7-14/h4-6,9H,3,7-8,14H2,1-2H3,(H,15,17). The molecule has 0 saturated carbocycles. The molecule has 0 bridgehead atoms. The van der Waals surface area contributed by atoms with Crippen molar-refractivity contribution < 1.29 is 9.59 Å². The summed E-state index contributed by atoms with van der Waals surface area (Å²) in [5.41, 5.74) is 6.30. The lowest BCUT2D eigenvalue weighted by Gasteiger charge is -2.14. The molecule has 0 aliphatic heterocycles. The van der Waals surface area contributed by atoms with E-state index >= 15 is 0 Å². The second kappa shape index (κ2) is 6.76. The molecule has 98 valence electrons. The number of nitrogens with one attached hydrogen (secondary N) is 1. The van der Waals surface area contributed by atoms with Crippen molar-refractivity contribution in [2.45, 2.75) is 6.92 Å². The summed E-state index contributed by atoms with van der Waals surface area (Å²) in [5.74, 6) is -0.305. The predicted molar refractivity (Wildman–Crippen MR) is 70.5 cm³/mol. The van der Waals surface area contributed by atoms with Crippen LogP contribution in [0, 0.1) is 0 Å². The third-order valence-electron chi connectivity index (χ3n) is 2.62. The molecule has 1 rings (SSSR count). The Balaban J connectivity index is 2.85. The van der Waals surface area contributed by atoms with E-state index in [0.717, 1.165) is 0 Å². The van der Waals surface area contributed by atoms with Crippen molar-refractivity contribution in [3.63, 3.8) is 0 Å². The Labute approximate surface area is 107 Å². The summed E-state index contributed by atoms with van der Waals surface area (Å²) in [6.07, 6.45) is 0. The molecule has 0 aliphatic rings. The molecule has 1 aromatic carbocycles. The van der Waals surface area contributed by atoms with Crippen LogP contribution in [0.2, 0.25) is 0 Å². The number of benzene rings is 1. The van der Waals surface area contributed by atoms with Gasteiger partial charge in [-0.1, -0.05) is 6.07 Å². The highest BCUT2D eigenvalue weighted by atomic mass is 16.2. The summed E-state index contributed by atoms with van der Waals surface area (Å²) in [7, 11) is 1.73. The first-order valence-electron chi connectivity index (χ1n) is 5.94. The van der Waals surface area contributed by atoms with Crippen molar-refractivity contribution in [2.75, 3.05) is 26.7 Å². The molecule has 0 aliphatic carbocycles. The van der Waals surface area contributed by atoms with Gasteiger partial charge < -0.3 is 16.0 Å². The summed E-state index contributed by atoms with van der Waals surface area (Å²) in [6, 6.07) is 6.68. The average molecular weight is 249 g/mol. The Hall–Kier alpha value is -1.88. The van der Waals surface area contributed by atoms with Gasteiger partial charge in [0.05, 0.1) is 0 Å². The van der Waals surface area contributed by atoms with E-state index in [0.29, 0.717) is 30.8 Å². The van der Waals surface area contributed by atoms with Crippen LogP contribution >= 0.6 is 0 Å². The Morgan fingerprint density at radius 2 is 2.00 bits per heavy atom. The van der Waals surface area contributed by atoms with E-state index in [1.54, 1.807) is 36.2 Å². The molecule has 0 radical (unpaired) electrons. The second-order valence-corrected chi connectivity index (χ2v) is 3.94. The second-order valence-electron chi connectivity index (χ2n) is 3.94. The van der Waals surface area contributed by atoms with Crippen molar-refractivity contribution in [1.29, 1.82) is 0 Å². The topological polar surface area (TPSA) is 75.4 Å². The smallest absolute Gasteiger partial charge is 0.253 e. The van der Waals surface area contributed by atoms with Gasteiger partial charge in [-0.25, -0.2) is 0 Å². The van der Waals surface area contributed by atoms with Crippen LogP contribution in [-0.2, 0) is 0 Å². The van der Waals surface area contributed by atoms with Crippen LogP contribution in [0.25, 0.3) is 0 Å². The number of hydrogen-bond acceptors (Lipinski definition) is 3. The molecule has 0 fully saturated rings. The molecule has 2 amide bonds.